The minimum absolute atomic E-state index is 0.00273. The second kappa shape index (κ2) is 4.70. The summed E-state index contributed by atoms with van der Waals surface area (Å²) in [6, 6.07) is 15.3. The molecule has 0 unspecified atom stereocenters. The van der Waals surface area contributed by atoms with E-state index in [0.29, 0.717) is 17.7 Å². The quantitative estimate of drug-likeness (QED) is 0.673. The second-order valence-corrected chi connectivity index (χ2v) is 5.17. The van der Waals surface area contributed by atoms with Crippen LogP contribution in [-0.2, 0) is 6.42 Å². The van der Waals surface area contributed by atoms with Gasteiger partial charge in [-0.25, -0.2) is 0 Å². The maximum atomic E-state index is 12.6. The Bertz CT molecular complexity index is 855. The van der Waals surface area contributed by atoms with E-state index in [1.165, 1.54) is 0 Å². The van der Waals surface area contributed by atoms with Gasteiger partial charge in [-0.1, -0.05) is 18.2 Å². The number of hydrogen-bond donors (Lipinski definition) is 0. The van der Waals surface area contributed by atoms with Gasteiger partial charge in [-0.15, -0.1) is 0 Å². The first-order valence-corrected chi connectivity index (χ1v) is 6.96. The van der Waals surface area contributed by atoms with Crippen LogP contribution in [0.4, 0.5) is 0 Å². The van der Waals surface area contributed by atoms with E-state index in [1.54, 1.807) is 6.20 Å². The minimum Gasteiger partial charge on any atom is -0.493 e. The van der Waals surface area contributed by atoms with Crippen molar-refractivity contribution in [2.24, 2.45) is 0 Å². The Balaban J connectivity index is 1.75. The van der Waals surface area contributed by atoms with E-state index in [4.69, 9.17) is 4.74 Å². The maximum Gasteiger partial charge on any atom is 0.194 e. The number of rotatable bonds is 2. The number of nitrogens with zero attached hydrogens (tertiary/aromatic N) is 1. The molecule has 0 N–H and O–H groups in total. The normalized spacial score (nSPS) is 13.0. The van der Waals surface area contributed by atoms with Crippen LogP contribution in [-0.4, -0.2) is 17.4 Å². The molecular weight excluding hydrogens is 262 g/mol. The van der Waals surface area contributed by atoms with Crippen LogP contribution in [0.25, 0.3) is 10.9 Å². The Morgan fingerprint density at radius 3 is 2.90 bits per heavy atom. The van der Waals surface area contributed by atoms with Gasteiger partial charge in [0.2, 0.25) is 0 Å². The highest BCUT2D eigenvalue weighted by Crippen LogP contribution is 2.27. The van der Waals surface area contributed by atoms with Crippen molar-refractivity contribution in [2.75, 3.05) is 6.61 Å². The molecule has 3 heteroatoms. The fraction of sp³-hybridized carbons (Fsp3) is 0.111. The van der Waals surface area contributed by atoms with Crippen LogP contribution >= 0.6 is 0 Å². The van der Waals surface area contributed by atoms with Crippen molar-refractivity contribution < 1.29 is 9.53 Å². The number of carbonyl (C=O) groups is 1. The molecule has 4 rings (SSSR count). The number of pyridine rings is 1. The van der Waals surface area contributed by atoms with Gasteiger partial charge >= 0.3 is 0 Å². The van der Waals surface area contributed by atoms with Gasteiger partial charge in [-0.2, -0.15) is 0 Å². The van der Waals surface area contributed by atoms with Gasteiger partial charge in [0, 0.05) is 29.1 Å². The molecule has 2 heterocycles. The molecule has 21 heavy (non-hydrogen) atoms. The van der Waals surface area contributed by atoms with E-state index in [0.717, 1.165) is 28.6 Å². The third-order valence-corrected chi connectivity index (χ3v) is 3.80. The molecule has 0 aliphatic carbocycles. The SMILES string of the molecule is O=C(c1ccc2c(c1)CCO2)c1cnc2ccccc2c1. The number of hydrogen-bond acceptors (Lipinski definition) is 3. The van der Waals surface area contributed by atoms with Gasteiger partial charge in [-0.3, -0.25) is 9.78 Å². The zero-order valence-electron chi connectivity index (χ0n) is 11.4. The predicted molar refractivity (Wildman–Crippen MR) is 80.8 cm³/mol. The van der Waals surface area contributed by atoms with Gasteiger partial charge in [0.25, 0.3) is 0 Å². The molecule has 0 atom stereocenters. The van der Waals surface area contributed by atoms with Crippen molar-refractivity contribution >= 4 is 16.7 Å². The van der Waals surface area contributed by atoms with Crippen molar-refractivity contribution in [1.29, 1.82) is 0 Å². The summed E-state index contributed by atoms with van der Waals surface area (Å²) in [6.45, 7) is 0.699. The summed E-state index contributed by atoms with van der Waals surface area (Å²) in [5.41, 5.74) is 3.31. The van der Waals surface area contributed by atoms with Crippen LogP contribution < -0.4 is 4.74 Å². The van der Waals surface area contributed by atoms with E-state index in [2.05, 4.69) is 4.98 Å². The number of benzene rings is 2. The van der Waals surface area contributed by atoms with E-state index >= 15 is 0 Å². The summed E-state index contributed by atoms with van der Waals surface area (Å²) in [5.74, 6) is 0.895. The molecule has 0 saturated carbocycles. The van der Waals surface area contributed by atoms with Gasteiger partial charge in [0.05, 0.1) is 12.1 Å². The molecule has 0 amide bonds. The van der Waals surface area contributed by atoms with Crippen molar-refractivity contribution in [2.45, 2.75) is 6.42 Å². The van der Waals surface area contributed by atoms with Crippen LogP contribution in [0.5, 0.6) is 5.75 Å². The third kappa shape index (κ3) is 2.07. The van der Waals surface area contributed by atoms with E-state index < -0.39 is 0 Å². The molecule has 0 fully saturated rings. The molecule has 102 valence electrons. The lowest BCUT2D eigenvalue weighted by molar-refractivity contribution is 0.103. The number of para-hydroxylation sites is 1. The van der Waals surface area contributed by atoms with E-state index in [9.17, 15) is 4.79 Å². The molecule has 3 nitrogen and oxygen atoms in total. The van der Waals surface area contributed by atoms with Crippen LogP contribution in [0.3, 0.4) is 0 Å². The lowest BCUT2D eigenvalue weighted by Gasteiger charge is -2.05. The topological polar surface area (TPSA) is 39.2 Å². The summed E-state index contributed by atoms with van der Waals surface area (Å²) in [7, 11) is 0. The van der Waals surface area contributed by atoms with Crippen molar-refractivity contribution in [3.05, 3.63) is 71.4 Å². The Labute approximate surface area is 122 Å². The van der Waals surface area contributed by atoms with Crippen LogP contribution in [0.2, 0.25) is 0 Å². The third-order valence-electron chi connectivity index (χ3n) is 3.80. The molecule has 0 saturated heterocycles. The summed E-state index contributed by atoms with van der Waals surface area (Å²) >= 11 is 0. The Morgan fingerprint density at radius 1 is 1.05 bits per heavy atom. The number of ether oxygens (including phenoxy) is 1. The van der Waals surface area contributed by atoms with Crippen LogP contribution in [0, 0.1) is 0 Å². The fourth-order valence-electron chi connectivity index (χ4n) is 2.69. The molecule has 2 aromatic carbocycles. The predicted octanol–water partition coefficient (Wildman–Crippen LogP) is 3.40. The van der Waals surface area contributed by atoms with Crippen LogP contribution in [0.1, 0.15) is 21.5 Å². The number of aromatic nitrogens is 1. The molecule has 1 aliphatic heterocycles. The van der Waals surface area contributed by atoms with Crippen LogP contribution in [0.15, 0.2) is 54.7 Å². The molecule has 0 bridgehead atoms. The molecule has 3 aromatic rings. The first-order valence-electron chi connectivity index (χ1n) is 6.96. The number of carbonyl (C=O) groups excluding carboxylic acids is 1. The van der Waals surface area contributed by atoms with Gasteiger partial charge in [-0.05, 0) is 35.9 Å². The van der Waals surface area contributed by atoms with E-state index in [-0.39, 0.29) is 5.78 Å². The lowest BCUT2D eigenvalue weighted by Crippen LogP contribution is -2.02. The number of fused-ring (bicyclic) bond motifs is 2. The monoisotopic (exact) mass is 275 g/mol. The highest BCUT2D eigenvalue weighted by molar-refractivity contribution is 6.10. The highest BCUT2D eigenvalue weighted by Gasteiger charge is 2.16. The molecule has 1 aromatic heterocycles. The summed E-state index contributed by atoms with van der Waals surface area (Å²) in [5, 5.41) is 0.979. The van der Waals surface area contributed by atoms with Gasteiger partial charge in [0.1, 0.15) is 5.75 Å². The molecule has 0 radical (unpaired) electrons. The smallest absolute Gasteiger partial charge is 0.194 e. The van der Waals surface area contributed by atoms with Gasteiger partial charge < -0.3 is 4.74 Å². The zero-order chi connectivity index (χ0) is 14.2. The Kier molecular flexibility index (Phi) is 2.71. The van der Waals surface area contributed by atoms with Crippen molar-refractivity contribution in [3.8, 4) is 5.75 Å². The molecular formula is C18H13NO2. The first kappa shape index (κ1) is 12.1. The number of ketones is 1. The standard InChI is InChI=1S/C18H13NO2/c20-18(14-5-6-17-13(10-14)7-8-21-17)15-9-12-3-1-2-4-16(12)19-11-15/h1-6,9-11H,7-8H2. The van der Waals surface area contributed by atoms with Gasteiger partial charge in [0.15, 0.2) is 5.78 Å². The lowest BCUT2D eigenvalue weighted by atomic mass is 10.0. The summed E-state index contributed by atoms with van der Waals surface area (Å²) in [4.78, 5) is 17.0. The summed E-state index contributed by atoms with van der Waals surface area (Å²) < 4.78 is 5.47. The second-order valence-electron chi connectivity index (χ2n) is 5.17. The first-order chi connectivity index (χ1) is 10.3. The average molecular weight is 275 g/mol. The highest BCUT2D eigenvalue weighted by atomic mass is 16.5. The minimum atomic E-state index is 0.00273. The summed E-state index contributed by atoms with van der Waals surface area (Å²) in [6.07, 6.45) is 2.51. The van der Waals surface area contributed by atoms with Crippen molar-refractivity contribution in [3.63, 3.8) is 0 Å². The van der Waals surface area contributed by atoms with Crippen molar-refractivity contribution in [1.82, 2.24) is 4.98 Å². The maximum absolute atomic E-state index is 12.6. The Morgan fingerprint density at radius 2 is 1.95 bits per heavy atom. The largest absolute Gasteiger partial charge is 0.493 e. The zero-order valence-corrected chi connectivity index (χ0v) is 11.4. The fourth-order valence-corrected chi connectivity index (χ4v) is 2.69. The van der Waals surface area contributed by atoms with E-state index in [1.807, 2.05) is 48.5 Å². The average Bonchev–Trinajstić information content (AvgIpc) is 3.01. The molecule has 1 aliphatic rings. The Hall–Kier alpha value is -2.68. The molecule has 0 spiro atoms.